The smallest absolute Gasteiger partial charge is 0.337 e. The number of rotatable bonds is 4. The van der Waals surface area contributed by atoms with Crippen LogP contribution in [-0.4, -0.2) is 23.1 Å². The molecule has 0 fully saturated rings. The molecule has 0 aliphatic rings. The van der Waals surface area contributed by atoms with Gasteiger partial charge < -0.3 is 10.0 Å². The van der Waals surface area contributed by atoms with Crippen molar-refractivity contribution < 1.29 is 9.90 Å². The second kappa shape index (κ2) is 5.84. The molecule has 0 saturated heterocycles. The summed E-state index contributed by atoms with van der Waals surface area (Å²) in [4.78, 5) is 17.0. The summed E-state index contributed by atoms with van der Waals surface area (Å²) in [6.45, 7) is 0.605. The minimum absolute atomic E-state index is 0.254. The van der Waals surface area contributed by atoms with Gasteiger partial charge in [-0.1, -0.05) is 34.1 Å². The van der Waals surface area contributed by atoms with Crippen LogP contribution in [-0.2, 0) is 6.54 Å². The first kappa shape index (κ1) is 13.5. The summed E-state index contributed by atoms with van der Waals surface area (Å²) in [7, 11) is 1.85. The molecule has 0 amide bonds. The van der Waals surface area contributed by atoms with E-state index in [0.717, 1.165) is 10.0 Å². The molecular formula is C14H13BrN2O2. The maximum absolute atomic E-state index is 11.2. The van der Waals surface area contributed by atoms with E-state index in [4.69, 9.17) is 0 Å². The van der Waals surface area contributed by atoms with Crippen LogP contribution in [0.25, 0.3) is 0 Å². The lowest BCUT2D eigenvalue weighted by Crippen LogP contribution is -2.19. The Bertz CT molecular complexity index is 602. The monoisotopic (exact) mass is 320 g/mol. The minimum atomic E-state index is -0.948. The number of pyridine rings is 1. The van der Waals surface area contributed by atoms with E-state index >= 15 is 0 Å². The minimum Gasteiger partial charge on any atom is -0.478 e. The number of aromatic carboxylic acids is 1. The average Bonchev–Trinajstić information content (AvgIpc) is 2.41. The molecule has 1 N–H and O–H groups in total. The Labute approximate surface area is 119 Å². The van der Waals surface area contributed by atoms with Crippen molar-refractivity contribution >= 4 is 27.6 Å². The van der Waals surface area contributed by atoms with Gasteiger partial charge in [0.2, 0.25) is 0 Å². The zero-order valence-corrected chi connectivity index (χ0v) is 12.0. The van der Waals surface area contributed by atoms with Gasteiger partial charge in [-0.15, -0.1) is 0 Å². The van der Waals surface area contributed by atoms with Crippen molar-refractivity contribution in [3.63, 3.8) is 0 Å². The number of carboxylic acid groups (broad SMARTS) is 1. The normalized spacial score (nSPS) is 10.2. The number of hydrogen-bond donors (Lipinski definition) is 1. The number of hydrogen-bond acceptors (Lipinski definition) is 3. The van der Waals surface area contributed by atoms with Gasteiger partial charge in [-0.2, -0.15) is 0 Å². The highest BCUT2D eigenvalue weighted by Gasteiger charge is 2.14. The Morgan fingerprint density at radius 3 is 2.79 bits per heavy atom. The van der Waals surface area contributed by atoms with Gasteiger partial charge in [-0.25, -0.2) is 4.79 Å². The topological polar surface area (TPSA) is 53.4 Å². The quantitative estimate of drug-likeness (QED) is 0.940. The standard InChI is InChI=1S/C14H13BrN2O2/c1-17(9-10-4-2-3-5-12(10)15)13-8-16-7-6-11(13)14(18)19/h2-8H,9H2,1H3,(H,18,19). The van der Waals surface area contributed by atoms with Crippen LogP contribution in [0.2, 0.25) is 0 Å². The van der Waals surface area contributed by atoms with Crippen LogP contribution in [0.4, 0.5) is 5.69 Å². The van der Waals surface area contributed by atoms with Crippen LogP contribution < -0.4 is 4.90 Å². The number of halogens is 1. The lowest BCUT2D eigenvalue weighted by Gasteiger charge is -2.21. The molecule has 0 bridgehead atoms. The molecule has 0 aliphatic heterocycles. The molecule has 1 aromatic carbocycles. The van der Waals surface area contributed by atoms with E-state index in [1.165, 1.54) is 12.3 Å². The zero-order chi connectivity index (χ0) is 13.8. The molecule has 4 nitrogen and oxygen atoms in total. The highest BCUT2D eigenvalue weighted by atomic mass is 79.9. The van der Waals surface area contributed by atoms with Crippen molar-refractivity contribution in [2.45, 2.75) is 6.54 Å². The zero-order valence-electron chi connectivity index (χ0n) is 10.4. The van der Waals surface area contributed by atoms with Crippen LogP contribution in [0.5, 0.6) is 0 Å². The van der Waals surface area contributed by atoms with Crippen molar-refractivity contribution in [1.29, 1.82) is 0 Å². The van der Waals surface area contributed by atoms with E-state index in [1.54, 1.807) is 6.20 Å². The fourth-order valence-corrected chi connectivity index (χ4v) is 2.25. The number of benzene rings is 1. The van der Waals surface area contributed by atoms with Gasteiger partial charge in [0, 0.05) is 24.3 Å². The Morgan fingerprint density at radius 1 is 1.37 bits per heavy atom. The maximum Gasteiger partial charge on any atom is 0.337 e. The third kappa shape index (κ3) is 3.12. The SMILES string of the molecule is CN(Cc1ccccc1Br)c1cnccc1C(=O)O. The van der Waals surface area contributed by atoms with Gasteiger partial charge in [0.1, 0.15) is 0 Å². The van der Waals surface area contributed by atoms with Crippen molar-refractivity contribution in [2.24, 2.45) is 0 Å². The Hall–Kier alpha value is -1.88. The van der Waals surface area contributed by atoms with Crippen LogP contribution in [0, 0.1) is 0 Å². The molecule has 0 unspecified atom stereocenters. The molecule has 19 heavy (non-hydrogen) atoms. The van der Waals surface area contributed by atoms with Gasteiger partial charge in [0.05, 0.1) is 17.4 Å². The van der Waals surface area contributed by atoms with Crippen molar-refractivity contribution in [1.82, 2.24) is 4.98 Å². The number of carboxylic acids is 1. The molecule has 1 aromatic heterocycles. The van der Waals surface area contributed by atoms with E-state index in [1.807, 2.05) is 36.2 Å². The summed E-state index contributed by atoms with van der Waals surface area (Å²) in [6, 6.07) is 9.37. The first-order chi connectivity index (χ1) is 9.09. The van der Waals surface area contributed by atoms with Gasteiger partial charge in [-0.3, -0.25) is 4.98 Å². The van der Waals surface area contributed by atoms with E-state index in [9.17, 15) is 9.90 Å². The molecule has 2 aromatic rings. The number of nitrogens with zero attached hydrogens (tertiary/aromatic N) is 2. The molecule has 98 valence electrons. The molecule has 0 atom stereocenters. The van der Waals surface area contributed by atoms with Gasteiger partial charge >= 0.3 is 5.97 Å². The fourth-order valence-electron chi connectivity index (χ4n) is 1.84. The summed E-state index contributed by atoms with van der Waals surface area (Å²) in [5, 5.41) is 9.17. The summed E-state index contributed by atoms with van der Waals surface area (Å²) < 4.78 is 1.00. The second-order valence-corrected chi connectivity index (χ2v) is 5.00. The summed E-state index contributed by atoms with van der Waals surface area (Å²) in [5.74, 6) is -0.948. The molecule has 0 saturated carbocycles. The second-order valence-electron chi connectivity index (χ2n) is 4.15. The van der Waals surface area contributed by atoms with E-state index < -0.39 is 5.97 Å². The summed E-state index contributed by atoms with van der Waals surface area (Å²) >= 11 is 3.49. The number of carbonyl (C=O) groups is 1. The Morgan fingerprint density at radius 2 is 2.11 bits per heavy atom. The molecule has 0 spiro atoms. The first-order valence-corrected chi connectivity index (χ1v) is 6.50. The third-order valence-electron chi connectivity index (χ3n) is 2.81. The van der Waals surface area contributed by atoms with Crippen molar-refractivity contribution in [3.05, 3.63) is 58.3 Å². The largest absolute Gasteiger partial charge is 0.478 e. The lowest BCUT2D eigenvalue weighted by atomic mass is 10.1. The van der Waals surface area contributed by atoms with Gasteiger partial charge in [-0.05, 0) is 17.7 Å². The summed E-state index contributed by atoms with van der Waals surface area (Å²) in [5.41, 5.74) is 1.94. The molecular weight excluding hydrogens is 308 g/mol. The van der Waals surface area contributed by atoms with Crippen molar-refractivity contribution in [3.8, 4) is 0 Å². The summed E-state index contributed by atoms with van der Waals surface area (Å²) in [6.07, 6.45) is 3.06. The van der Waals surface area contributed by atoms with Gasteiger partial charge in [0.25, 0.3) is 0 Å². The predicted molar refractivity (Wildman–Crippen MR) is 77.4 cm³/mol. The maximum atomic E-state index is 11.2. The fraction of sp³-hybridized carbons (Fsp3) is 0.143. The third-order valence-corrected chi connectivity index (χ3v) is 3.58. The van der Waals surface area contributed by atoms with Crippen LogP contribution in [0.3, 0.4) is 0 Å². The van der Waals surface area contributed by atoms with Crippen LogP contribution >= 0.6 is 15.9 Å². The lowest BCUT2D eigenvalue weighted by molar-refractivity contribution is 0.0697. The Kier molecular flexibility index (Phi) is 4.16. The molecule has 2 rings (SSSR count). The van der Waals surface area contributed by atoms with Crippen LogP contribution in [0.1, 0.15) is 15.9 Å². The molecule has 5 heteroatoms. The molecule has 0 aliphatic carbocycles. The van der Waals surface area contributed by atoms with E-state index in [0.29, 0.717) is 12.2 Å². The van der Waals surface area contributed by atoms with E-state index in [2.05, 4.69) is 20.9 Å². The number of aromatic nitrogens is 1. The average molecular weight is 321 g/mol. The molecule has 0 radical (unpaired) electrons. The predicted octanol–water partition coefficient (Wildman–Crippen LogP) is 3.18. The van der Waals surface area contributed by atoms with E-state index in [-0.39, 0.29) is 5.56 Å². The van der Waals surface area contributed by atoms with Gasteiger partial charge in [0.15, 0.2) is 0 Å². The molecule has 1 heterocycles. The first-order valence-electron chi connectivity index (χ1n) is 5.71. The Balaban J connectivity index is 2.28. The highest BCUT2D eigenvalue weighted by molar-refractivity contribution is 9.10. The van der Waals surface area contributed by atoms with Crippen molar-refractivity contribution in [2.75, 3.05) is 11.9 Å². The number of anilines is 1. The van der Waals surface area contributed by atoms with Crippen LogP contribution in [0.15, 0.2) is 47.2 Å². The highest BCUT2D eigenvalue weighted by Crippen LogP contribution is 2.23.